The van der Waals surface area contributed by atoms with Crippen LogP contribution < -0.4 is 10.3 Å². The number of halogens is 1. The summed E-state index contributed by atoms with van der Waals surface area (Å²) in [6.45, 7) is -0.292. The Morgan fingerprint density at radius 2 is 2.04 bits per heavy atom. The van der Waals surface area contributed by atoms with Crippen molar-refractivity contribution in [1.82, 2.24) is 14.5 Å². The average molecular weight is 400 g/mol. The lowest BCUT2D eigenvalue weighted by Gasteiger charge is -2.06. The van der Waals surface area contributed by atoms with Crippen molar-refractivity contribution in [2.75, 3.05) is 0 Å². The van der Waals surface area contributed by atoms with Crippen LogP contribution in [0.5, 0.6) is 5.75 Å². The highest BCUT2D eigenvalue weighted by molar-refractivity contribution is 9.10. The molecule has 0 bridgehead atoms. The first-order valence-corrected chi connectivity index (χ1v) is 8.10. The van der Waals surface area contributed by atoms with E-state index in [2.05, 4.69) is 25.9 Å². The van der Waals surface area contributed by atoms with Crippen molar-refractivity contribution >= 4 is 44.0 Å². The number of carbonyl (C=O) groups is 1. The lowest BCUT2D eigenvalue weighted by Crippen LogP contribution is -2.26. The van der Waals surface area contributed by atoms with Gasteiger partial charge in [0.1, 0.15) is 22.2 Å². The van der Waals surface area contributed by atoms with Crippen LogP contribution >= 0.6 is 15.9 Å². The molecule has 4 aromatic rings. The Hall–Kier alpha value is -3.00. The molecule has 0 N–H and O–H groups in total. The van der Waals surface area contributed by atoms with Gasteiger partial charge in [-0.2, -0.15) is 0 Å². The van der Waals surface area contributed by atoms with Gasteiger partial charge in [0.15, 0.2) is 5.75 Å². The summed E-state index contributed by atoms with van der Waals surface area (Å²) in [5, 5.41) is 0.753. The Bertz CT molecular complexity index is 1170. The number of carbonyl (C=O) groups excluding carboxylic acids is 1. The van der Waals surface area contributed by atoms with E-state index in [0.717, 1.165) is 9.95 Å². The normalized spacial score (nSPS) is 11.1. The predicted molar refractivity (Wildman–Crippen MR) is 93.3 cm³/mol. The molecule has 0 aliphatic rings. The second kappa shape index (κ2) is 6.14. The molecule has 0 spiro atoms. The maximum absolute atomic E-state index is 12.6. The molecule has 0 aliphatic carbocycles. The number of hydrogen-bond acceptors (Lipinski definition) is 6. The van der Waals surface area contributed by atoms with Crippen molar-refractivity contribution in [3.8, 4) is 5.75 Å². The van der Waals surface area contributed by atoms with Crippen LogP contribution in [-0.4, -0.2) is 20.5 Å². The first kappa shape index (κ1) is 15.5. The molecular formula is C17H10BrN3O4. The molecule has 8 heteroatoms. The van der Waals surface area contributed by atoms with E-state index in [1.54, 1.807) is 24.4 Å². The summed E-state index contributed by atoms with van der Waals surface area (Å²) in [6.07, 6.45) is 2.87. The third-order valence-electron chi connectivity index (χ3n) is 3.60. The summed E-state index contributed by atoms with van der Waals surface area (Å²) in [7, 11) is 0. The Balaban J connectivity index is 1.67. The van der Waals surface area contributed by atoms with E-state index >= 15 is 0 Å². The zero-order chi connectivity index (χ0) is 17.4. The molecule has 124 valence electrons. The fraction of sp³-hybridized carbons (Fsp3) is 0.0588. The Morgan fingerprint density at radius 3 is 2.88 bits per heavy atom. The monoisotopic (exact) mass is 399 g/mol. The lowest BCUT2D eigenvalue weighted by molar-refractivity contribution is -0.135. The van der Waals surface area contributed by atoms with Crippen molar-refractivity contribution in [2.45, 2.75) is 6.54 Å². The summed E-state index contributed by atoms with van der Waals surface area (Å²) in [5.41, 5.74) is 0.712. The Labute approximate surface area is 149 Å². The van der Waals surface area contributed by atoms with E-state index in [1.165, 1.54) is 6.33 Å². The van der Waals surface area contributed by atoms with E-state index in [0.29, 0.717) is 15.7 Å². The van der Waals surface area contributed by atoms with Gasteiger partial charge in [0.2, 0.25) is 5.58 Å². The number of rotatable bonds is 3. The second-order valence-electron chi connectivity index (χ2n) is 5.22. The summed E-state index contributed by atoms with van der Waals surface area (Å²) >= 11 is 3.19. The first-order chi connectivity index (χ1) is 12.1. The topological polar surface area (TPSA) is 87.2 Å². The quantitative estimate of drug-likeness (QED) is 0.388. The number of aromatic nitrogens is 3. The van der Waals surface area contributed by atoms with Crippen LogP contribution in [0.2, 0.25) is 0 Å². The average Bonchev–Trinajstić information content (AvgIpc) is 2.99. The second-order valence-corrected chi connectivity index (χ2v) is 5.97. The van der Waals surface area contributed by atoms with E-state index in [4.69, 9.17) is 9.15 Å². The number of fused-ring (bicyclic) bond motifs is 3. The van der Waals surface area contributed by atoms with Gasteiger partial charge in [0.25, 0.3) is 5.56 Å². The first-order valence-electron chi connectivity index (χ1n) is 7.31. The number of para-hydroxylation sites is 1. The molecule has 0 unspecified atom stereocenters. The van der Waals surface area contributed by atoms with Crippen LogP contribution in [0, 0.1) is 0 Å². The van der Waals surface area contributed by atoms with Crippen LogP contribution in [0.4, 0.5) is 0 Å². The minimum Gasteiger partial charge on any atom is -0.448 e. The van der Waals surface area contributed by atoms with Gasteiger partial charge in [-0.25, -0.2) is 14.8 Å². The predicted octanol–water partition coefficient (Wildman–Crippen LogP) is 2.91. The Kier molecular flexibility index (Phi) is 3.81. The smallest absolute Gasteiger partial charge is 0.331 e. The third kappa shape index (κ3) is 2.80. The fourth-order valence-electron chi connectivity index (χ4n) is 2.47. The molecule has 3 aromatic heterocycles. The summed E-state index contributed by atoms with van der Waals surface area (Å²) in [5.74, 6) is -0.341. The number of hydrogen-bond donors (Lipinski definition) is 0. The molecule has 0 atom stereocenters. The molecule has 3 heterocycles. The SMILES string of the molecule is O=C(Cn1cnc2c(oc3ccccc32)c1=O)Oc1cccnc1Br. The number of esters is 1. The zero-order valence-electron chi connectivity index (χ0n) is 12.7. The van der Waals surface area contributed by atoms with Crippen LogP contribution in [0.25, 0.3) is 22.1 Å². The minimum atomic E-state index is -0.618. The minimum absolute atomic E-state index is 0.110. The standard InChI is InChI=1S/C17H10BrN3O4/c18-16-12(6-3-7-19-16)24-13(22)8-21-9-20-14-10-4-1-2-5-11(10)25-15(14)17(21)23/h1-7,9H,8H2. The highest BCUT2D eigenvalue weighted by Gasteiger charge is 2.16. The van der Waals surface area contributed by atoms with Gasteiger partial charge in [-0.3, -0.25) is 9.36 Å². The van der Waals surface area contributed by atoms with E-state index in [-0.39, 0.29) is 17.9 Å². The molecule has 7 nitrogen and oxygen atoms in total. The highest BCUT2D eigenvalue weighted by Crippen LogP contribution is 2.24. The maximum Gasteiger partial charge on any atom is 0.331 e. The van der Waals surface area contributed by atoms with Crippen molar-refractivity contribution in [3.63, 3.8) is 0 Å². The molecule has 0 saturated carbocycles. The van der Waals surface area contributed by atoms with E-state index in [9.17, 15) is 9.59 Å². The van der Waals surface area contributed by atoms with Crippen LogP contribution in [0.1, 0.15) is 0 Å². The van der Waals surface area contributed by atoms with Gasteiger partial charge < -0.3 is 9.15 Å². The molecule has 1 aromatic carbocycles. The van der Waals surface area contributed by atoms with Crippen LogP contribution in [-0.2, 0) is 11.3 Å². The fourth-order valence-corrected chi connectivity index (χ4v) is 2.80. The van der Waals surface area contributed by atoms with Crippen LogP contribution in [0.15, 0.2) is 62.7 Å². The van der Waals surface area contributed by atoms with E-state index < -0.39 is 11.5 Å². The van der Waals surface area contributed by atoms with Gasteiger partial charge in [-0.15, -0.1) is 0 Å². The van der Waals surface area contributed by atoms with Gasteiger partial charge in [-0.05, 0) is 40.2 Å². The summed E-state index contributed by atoms with van der Waals surface area (Å²) < 4.78 is 12.3. The van der Waals surface area contributed by atoms with Crippen molar-refractivity contribution < 1.29 is 13.9 Å². The van der Waals surface area contributed by atoms with Gasteiger partial charge >= 0.3 is 5.97 Å². The molecule has 0 fully saturated rings. The molecule has 0 radical (unpaired) electrons. The van der Waals surface area contributed by atoms with Crippen molar-refractivity contribution in [3.05, 3.63) is 63.9 Å². The molecule has 25 heavy (non-hydrogen) atoms. The molecule has 0 saturated heterocycles. The van der Waals surface area contributed by atoms with Crippen molar-refractivity contribution in [1.29, 1.82) is 0 Å². The van der Waals surface area contributed by atoms with Gasteiger partial charge in [0.05, 0.1) is 6.33 Å². The molecule has 4 rings (SSSR count). The molecular weight excluding hydrogens is 390 g/mol. The molecule has 0 aliphatic heterocycles. The van der Waals surface area contributed by atoms with Gasteiger partial charge in [-0.1, -0.05) is 12.1 Å². The number of nitrogens with zero attached hydrogens (tertiary/aromatic N) is 3. The van der Waals surface area contributed by atoms with Gasteiger partial charge in [0, 0.05) is 11.6 Å². The summed E-state index contributed by atoms with van der Waals surface area (Å²) in [4.78, 5) is 32.9. The molecule has 0 amide bonds. The van der Waals surface area contributed by atoms with Crippen LogP contribution in [0.3, 0.4) is 0 Å². The van der Waals surface area contributed by atoms with Crippen molar-refractivity contribution in [2.24, 2.45) is 0 Å². The number of furan rings is 1. The Morgan fingerprint density at radius 1 is 1.20 bits per heavy atom. The number of ether oxygens (including phenoxy) is 1. The third-order valence-corrected chi connectivity index (χ3v) is 4.19. The summed E-state index contributed by atoms with van der Waals surface area (Å²) in [6, 6.07) is 10.5. The maximum atomic E-state index is 12.6. The number of benzene rings is 1. The highest BCUT2D eigenvalue weighted by atomic mass is 79.9. The lowest BCUT2D eigenvalue weighted by atomic mass is 10.2. The largest absolute Gasteiger partial charge is 0.448 e. The zero-order valence-corrected chi connectivity index (χ0v) is 14.3. The number of pyridine rings is 1. The van der Waals surface area contributed by atoms with E-state index in [1.807, 2.05) is 18.2 Å².